The Labute approximate surface area is 643 Å². The average Bonchev–Trinajstić information content (AvgIpc) is 1.56. The van der Waals surface area contributed by atoms with Crippen LogP contribution in [0.1, 0.15) is 89.2 Å². The van der Waals surface area contributed by atoms with Crippen LogP contribution in [0.25, 0.3) is 45.0 Å². The number of likely N-dealkylation sites (tertiary alicyclic amines) is 2. The predicted molar refractivity (Wildman–Crippen MR) is 417 cm³/mol. The Balaban J connectivity index is 0.0000000912. The summed E-state index contributed by atoms with van der Waals surface area (Å²) in [6, 6.07) is 13.2. The maximum absolute atomic E-state index is 5.80. The minimum atomic E-state index is 0.0500. The van der Waals surface area contributed by atoms with Crippen LogP contribution in [0.4, 0.5) is 65.0 Å². The highest BCUT2D eigenvalue weighted by Gasteiger charge is 2.54. The van der Waals surface area contributed by atoms with Crippen LogP contribution < -0.4 is 62.6 Å². The van der Waals surface area contributed by atoms with Gasteiger partial charge in [-0.2, -0.15) is 15.0 Å². The quantitative estimate of drug-likeness (QED) is 0.108. The Kier molecular flexibility index (Phi) is 16.5. The molecule has 16 bridgehead atoms. The highest BCUT2D eigenvalue weighted by atomic mass is 16.5. The van der Waals surface area contributed by atoms with Crippen molar-refractivity contribution in [2.24, 2.45) is 29.6 Å². The summed E-state index contributed by atoms with van der Waals surface area (Å²) < 4.78 is 17.0. The van der Waals surface area contributed by atoms with Crippen LogP contribution in [-0.4, -0.2) is 262 Å². The molecule has 33 nitrogen and oxygen atoms in total. The van der Waals surface area contributed by atoms with E-state index >= 15 is 0 Å². The monoisotopic (exact) mass is 1500 g/mol. The van der Waals surface area contributed by atoms with E-state index in [1.807, 2.05) is 0 Å². The molecular weight excluding hydrogens is 1410 g/mol. The number of anilines is 11. The van der Waals surface area contributed by atoms with Gasteiger partial charge in [-0.15, -0.1) is 0 Å². The third-order valence-corrected chi connectivity index (χ3v) is 27.5. The van der Waals surface area contributed by atoms with E-state index in [0.717, 1.165) is 227 Å². The van der Waals surface area contributed by atoms with E-state index in [4.69, 9.17) is 77.0 Å². The molecule has 0 aromatic carbocycles. The third-order valence-electron chi connectivity index (χ3n) is 27.5. The molecule has 111 heavy (non-hydrogen) atoms. The molecule has 28 rings (SSSR count). The molecule has 20 fully saturated rings. The number of morpholine rings is 2. The molecular formula is C78H96N30O3. The van der Waals surface area contributed by atoms with Crippen molar-refractivity contribution in [2.75, 3.05) is 163 Å². The van der Waals surface area contributed by atoms with Crippen LogP contribution in [-0.2, 0) is 19.7 Å². The summed E-state index contributed by atoms with van der Waals surface area (Å²) in [5.74, 6) is 11.4. The van der Waals surface area contributed by atoms with E-state index in [1.54, 1.807) is 49.6 Å². The van der Waals surface area contributed by atoms with Crippen molar-refractivity contribution in [3.63, 3.8) is 0 Å². The zero-order valence-electron chi connectivity index (χ0n) is 62.7. The van der Waals surface area contributed by atoms with Gasteiger partial charge in [-0.1, -0.05) is 0 Å². The number of hydrogen-bond acceptors (Lipinski definition) is 33. The smallest absolute Gasteiger partial charge is 0.228 e. The second-order valence-corrected chi connectivity index (χ2v) is 34.7. The van der Waals surface area contributed by atoms with Gasteiger partial charge in [0, 0.05) is 192 Å². The molecule has 20 aliphatic rings. The van der Waals surface area contributed by atoms with Crippen LogP contribution in [0.2, 0.25) is 0 Å². The number of nitrogen functional groups attached to an aromatic ring is 4. The summed E-state index contributed by atoms with van der Waals surface area (Å²) in [5, 5.41) is 3.69. The lowest BCUT2D eigenvalue weighted by Gasteiger charge is -2.42. The summed E-state index contributed by atoms with van der Waals surface area (Å²) in [4.78, 5) is 95.0. The SMILES string of the molecule is CN1C[C@H]2C[C@@H](C1)N(c1nc(-c3cnc(N)nc3)cc(N3C[C@@H]4C[C@H]3CO4)n1)C2.Nc1ncc(-c2cc(C34CC(CN3)C4)nc(N3CC4CC3C4)n2)cn1.Nc1ncc(-c2cc(N3C[C@@H]4C[C@H]3CN4C3COC3)nc(N3CC4CC3C4)n2)cn1.Nc1ncc(-c2cc(N3C[C@@H]4C[C@H]3CO4)nc(N3C[C@H]4CC[C@@H]3C4)n2)cn1. The van der Waals surface area contributed by atoms with Crippen molar-refractivity contribution < 1.29 is 14.2 Å². The Bertz CT molecular complexity index is 4750. The summed E-state index contributed by atoms with van der Waals surface area (Å²) >= 11 is 0. The molecule has 33 heteroatoms. The molecule has 576 valence electrons. The molecule has 8 aromatic rings. The normalized spacial score (nSPS) is 32.3. The van der Waals surface area contributed by atoms with Gasteiger partial charge in [-0.05, 0) is 133 Å². The maximum Gasteiger partial charge on any atom is 0.228 e. The zero-order chi connectivity index (χ0) is 73.9. The molecule has 10 atom stereocenters. The van der Waals surface area contributed by atoms with E-state index in [-0.39, 0.29) is 29.3 Å². The number of fused-ring (bicyclic) bond motifs is 13. The molecule has 16 aliphatic heterocycles. The number of aromatic nitrogens is 16. The average molecular weight is 1500 g/mol. The number of nitrogens with one attached hydrogen (secondary N) is 1. The highest BCUT2D eigenvalue weighted by molar-refractivity contribution is 5.69. The number of nitrogens with zero attached hydrogens (tertiary/aromatic N) is 25. The van der Waals surface area contributed by atoms with Gasteiger partial charge in [-0.3, -0.25) is 4.90 Å². The zero-order valence-corrected chi connectivity index (χ0v) is 62.7. The number of ether oxygens (including phenoxy) is 3. The van der Waals surface area contributed by atoms with Gasteiger partial charge in [-0.25, -0.2) is 64.8 Å². The number of nitrogens with two attached hydrogens (primary N) is 4. The molecule has 9 N–H and O–H groups in total. The first-order chi connectivity index (χ1) is 54.2. The van der Waals surface area contributed by atoms with Gasteiger partial charge in [0.15, 0.2) is 0 Å². The third kappa shape index (κ3) is 12.6. The van der Waals surface area contributed by atoms with E-state index in [9.17, 15) is 0 Å². The van der Waals surface area contributed by atoms with Crippen LogP contribution in [0.15, 0.2) is 73.8 Å². The first kappa shape index (κ1) is 68.0. The molecule has 0 unspecified atom stereocenters. The van der Waals surface area contributed by atoms with Crippen molar-refractivity contribution in [1.82, 2.24) is 94.9 Å². The fourth-order valence-electron chi connectivity index (χ4n) is 21.6. The highest BCUT2D eigenvalue weighted by Crippen LogP contribution is 2.52. The van der Waals surface area contributed by atoms with Crippen LogP contribution in [0, 0.1) is 29.6 Å². The molecule has 4 saturated carbocycles. The van der Waals surface area contributed by atoms with E-state index < -0.39 is 0 Å². The molecule has 8 aromatic heterocycles. The summed E-state index contributed by atoms with van der Waals surface area (Å²) in [5.41, 5.74) is 30.9. The van der Waals surface area contributed by atoms with Crippen LogP contribution >= 0.6 is 0 Å². The van der Waals surface area contributed by atoms with Gasteiger partial charge in [0.2, 0.25) is 47.6 Å². The second kappa shape index (κ2) is 27.0. The summed E-state index contributed by atoms with van der Waals surface area (Å²) in [7, 11) is 2.21. The minimum absolute atomic E-state index is 0.0500. The lowest BCUT2D eigenvalue weighted by Crippen LogP contribution is -2.57. The van der Waals surface area contributed by atoms with Gasteiger partial charge < -0.3 is 81.7 Å². The molecule has 4 aliphatic carbocycles. The Morgan fingerprint density at radius 2 is 0.775 bits per heavy atom. The molecule has 0 spiro atoms. The Morgan fingerprint density at radius 3 is 1.16 bits per heavy atom. The van der Waals surface area contributed by atoms with Crippen LogP contribution in [0.3, 0.4) is 0 Å². The van der Waals surface area contributed by atoms with Gasteiger partial charge in [0.05, 0.1) is 90.8 Å². The minimum Gasteiger partial charge on any atom is -0.378 e. The first-order valence-electron chi connectivity index (χ1n) is 40.5. The summed E-state index contributed by atoms with van der Waals surface area (Å²) in [6.45, 7) is 14.9. The fourth-order valence-corrected chi connectivity index (χ4v) is 21.6. The van der Waals surface area contributed by atoms with Crippen LogP contribution in [0.5, 0.6) is 0 Å². The van der Waals surface area contributed by atoms with Gasteiger partial charge >= 0.3 is 0 Å². The van der Waals surface area contributed by atoms with Crippen molar-refractivity contribution in [2.45, 2.75) is 156 Å². The predicted octanol–water partition coefficient (Wildman–Crippen LogP) is 4.21. The first-order valence-corrected chi connectivity index (χ1v) is 40.5. The molecule has 24 heterocycles. The number of piperazine rings is 1. The molecule has 0 amide bonds. The van der Waals surface area contributed by atoms with E-state index in [2.05, 4.69) is 121 Å². The van der Waals surface area contributed by atoms with Crippen molar-refractivity contribution in [3.8, 4) is 45.0 Å². The van der Waals surface area contributed by atoms with E-state index in [0.29, 0.717) is 72.5 Å². The largest absolute Gasteiger partial charge is 0.378 e. The second-order valence-electron chi connectivity index (χ2n) is 34.7. The van der Waals surface area contributed by atoms with Gasteiger partial charge in [0.25, 0.3) is 0 Å². The fraction of sp³-hybridized carbons (Fsp3) is 0.590. The number of rotatable bonds is 13. The van der Waals surface area contributed by atoms with Crippen molar-refractivity contribution in [3.05, 3.63) is 79.5 Å². The number of piperidine rings is 2. The lowest BCUT2D eigenvalue weighted by molar-refractivity contribution is -0.0708. The Hall–Kier alpha value is -9.80. The number of likely N-dealkylation sites (N-methyl/N-ethyl adjacent to an activating group) is 1. The van der Waals surface area contributed by atoms with E-state index in [1.165, 1.54) is 70.6 Å². The lowest BCUT2D eigenvalue weighted by atomic mass is 9.71. The number of hydrogen-bond donors (Lipinski definition) is 5. The van der Waals surface area contributed by atoms with Crippen molar-refractivity contribution in [1.29, 1.82) is 0 Å². The molecule has 0 radical (unpaired) electrons. The molecule has 16 saturated heterocycles. The Morgan fingerprint density at radius 1 is 0.351 bits per heavy atom. The topological polar surface area (TPSA) is 379 Å². The van der Waals surface area contributed by atoms with Crippen molar-refractivity contribution >= 4 is 65.0 Å². The maximum atomic E-state index is 5.80. The standard InChI is InChI=1S/C21H26N8O.C20H26N8O.C19H23N7O.C18H21N7/c22-20-23-5-13(6-24-20)18-4-19(26-21(25-18)29-7-12-1-14(29)2-12)28-9-15-3-16(28)8-27(15)17-10-30-11-17;1-26-7-12-2-14(9-26)28(8-12)20-24-17(13-5-22-19(21)23-6-13)4-18(25-20)27-10-16-3-15(27)11-29-16;20-18-21-6-12(7-22-18)16-5-17(25-9-15-4-14(25)10-27-15)24-19(23-16)26-8-11-1-2-13(26)3-11;19-16-20-7-12(8-21-16)14-3-15(18-4-11(5-18)6-22-18)24-17(23-14)25-9-10-1-13(25)2-10/h4-6,12,14-17H,1-3,7-11H2,(H2,22,23,24);4-6,12,14-16H,2-3,7-11H2,1H3,(H2,21,22,23);5-7,11,13-15H,1-4,8-10H2,(H2,20,21,22);3,7-8,10-11,13,22H,1-2,4-6,9H2,(H2,19,20,21)/t12?,14?,15-,16-;12-,14+,15+,16+;11-,13+,14-,15-;/m010./s1. The summed E-state index contributed by atoms with van der Waals surface area (Å²) in [6.07, 6.45) is 30.6. The van der Waals surface area contributed by atoms with Gasteiger partial charge in [0.1, 0.15) is 17.5 Å².